The molecular formula is C10H19N3O3S. The smallest absolute Gasteiger partial charge is 0.277 e. The van der Waals surface area contributed by atoms with Crippen LogP contribution in [0.15, 0.2) is 0 Å². The van der Waals surface area contributed by atoms with E-state index in [1.807, 2.05) is 6.92 Å². The van der Waals surface area contributed by atoms with Gasteiger partial charge in [-0.1, -0.05) is 6.92 Å². The van der Waals surface area contributed by atoms with Gasteiger partial charge in [0.15, 0.2) is 0 Å². The number of piperazine rings is 1. The fraction of sp³-hybridized carbons (Fsp3) is 0.900. The number of hydrogen-bond acceptors (Lipinski definition) is 3. The highest BCUT2D eigenvalue weighted by molar-refractivity contribution is 7.86. The summed E-state index contributed by atoms with van der Waals surface area (Å²) in [5, 5.41) is 5.04. The van der Waals surface area contributed by atoms with E-state index in [0.717, 1.165) is 12.8 Å². The second-order valence-corrected chi connectivity index (χ2v) is 6.44. The number of hydrogen-bond donors (Lipinski definition) is 1. The van der Waals surface area contributed by atoms with Crippen molar-refractivity contribution in [1.82, 2.24) is 9.21 Å². The number of nitrogens with two attached hydrogens (primary N) is 1. The van der Waals surface area contributed by atoms with Crippen LogP contribution in [0.5, 0.6) is 0 Å². The van der Waals surface area contributed by atoms with Crippen LogP contribution in [0.25, 0.3) is 0 Å². The van der Waals surface area contributed by atoms with Gasteiger partial charge in [0.1, 0.15) is 0 Å². The summed E-state index contributed by atoms with van der Waals surface area (Å²) >= 11 is 0. The van der Waals surface area contributed by atoms with E-state index in [4.69, 9.17) is 5.14 Å². The number of carbonyl (C=O) groups is 1. The van der Waals surface area contributed by atoms with E-state index in [-0.39, 0.29) is 11.8 Å². The molecule has 2 N–H and O–H groups in total. The van der Waals surface area contributed by atoms with Crippen LogP contribution in [0.2, 0.25) is 0 Å². The van der Waals surface area contributed by atoms with Crippen molar-refractivity contribution in [3.63, 3.8) is 0 Å². The van der Waals surface area contributed by atoms with Crippen molar-refractivity contribution >= 4 is 16.1 Å². The molecule has 2 aliphatic rings. The lowest BCUT2D eigenvalue weighted by Crippen LogP contribution is -2.53. The van der Waals surface area contributed by atoms with Gasteiger partial charge in [-0.05, 0) is 18.8 Å². The second kappa shape index (κ2) is 4.55. The molecule has 1 saturated heterocycles. The Morgan fingerprint density at radius 2 is 1.76 bits per heavy atom. The molecule has 1 saturated carbocycles. The number of carbonyl (C=O) groups excluding carboxylic acids is 1. The summed E-state index contributed by atoms with van der Waals surface area (Å²) in [5.41, 5.74) is 0. The molecular weight excluding hydrogens is 242 g/mol. The van der Waals surface area contributed by atoms with E-state index in [9.17, 15) is 13.2 Å². The van der Waals surface area contributed by atoms with Crippen LogP contribution >= 0.6 is 0 Å². The van der Waals surface area contributed by atoms with Crippen LogP contribution in [0, 0.1) is 11.8 Å². The molecule has 17 heavy (non-hydrogen) atoms. The minimum Gasteiger partial charge on any atom is -0.340 e. The molecule has 7 heteroatoms. The van der Waals surface area contributed by atoms with Crippen molar-refractivity contribution in [3.05, 3.63) is 0 Å². The summed E-state index contributed by atoms with van der Waals surface area (Å²) in [6, 6.07) is 0. The minimum atomic E-state index is -3.60. The van der Waals surface area contributed by atoms with Gasteiger partial charge < -0.3 is 4.90 Å². The molecule has 0 bridgehead atoms. The first-order valence-electron chi connectivity index (χ1n) is 5.96. The van der Waals surface area contributed by atoms with Gasteiger partial charge in [-0.25, -0.2) is 5.14 Å². The van der Waals surface area contributed by atoms with Crippen LogP contribution in [-0.4, -0.2) is 49.7 Å². The maximum atomic E-state index is 12.1. The van der Waals surface area contributed by atoms with Crippen molar-refractivity contribution in [1.29, 1.82) is 0 Å². The molecule has 0 aromatic carbocycles. The molecule has 1 aliphatic heterocycles. The van der Waals surface area contributed by atoms with E-state index < -0.39 is 10.2 Å². The molecule has 0 radical (unpaired) electrons. The standard InChI is InChI=1S/C10H19N3O3S/c1-8(9-2-3-9)10(14)12-4-6-13(7-5-12)17(11,15)16/h8-9H,2-7H2,1H3,(H2,11,15,16). The first-order valence-corrected chi connectivity index (χ1v) is 7.46. The Hall–Kier alpha value is -0.660. The summed E-state index contributed by atoms with van der Waals surface area (Å²) in [5.74, 6) is 0.774. The van der Waals surface area contributed by atoms with Gasteiger partial charge in [-0.3, -0.25) is 4.79 Å². The molecule has 1 unspecified atom stereocenters. The zero-order valence-electron chi connectivity index (χ0n) is 10.0. The third-order valence-corrected chi connectivity index (χ3v) is 4.71. The lowest BCUT2D eigenvalue weighted by Gasteiger charge is -2.34. The number of nitrogens with zero attached hydrogens (tertiary/aromatic N) is 2. The highest BCUT2D eigenvalue weighted by atomic mass is 32.2. The van der Waals surface area contributed by atoms with Crippen molar-refractivity contribution in [2.24, 2.45) is 17.0 Å². The minimum absolute atomic E-state index is 0.0797. The van der Waals surface area contributed by atoms with Gasteiger partial charge in [-0.2, -0.15) is 12.7 Å². The number of amides is 1. The van der Waals surface area contributed by atoms with Gasteiger partial charge in [0.05, 0.1) is 0 Å². The number of rotatable bonds is 3. The van der Waals surface area contributed by atoms with Crippen molar-refractivity contribution in [2.75, 3.05) is 26.2 Å². The van der Waals surface area contributed by atoms with E-state index in [0.29, 0.717) is 32.1 Å². The molecule has 0 aromatic heterocycles. The lowest BCUT2D eigenvalue weighted by atomic mass is 10.0. The Balaban J connectivity index is 1.88. The van der Waals surface area contributed by atoms with Crippen LogP contribution in [0.3, 0.4) is 0 Å². The van der Waals surface area contributed by atoms with E-state index in [1.165, 1.54) is 4.31 Å². The zero-order valence-corrected chi connectivity index (χ0v) is 10.8. The summed E-state index contributed by atoms with van der Waals surface area (Å²) in [6.45, 7) is 3.48. The van der Waals surface area contributed by atoms with Gasteiger partial charge >= 0.3 is 0 Å². The lowest BCUT2D eigenvalue weighted by molar-refractivity contribution is -0.136. The fourth-order valence-electron chi connectivity index (χ4n) is 2.25. The summed E-state index contributed by atoms with van der Waals surface area (Å²) in [4.78, 5) is 13.8. The Labute approximate surface area is 102 Å². The molecule has 0 aromatic rings. The highest BCUT2D eigenvalue weighted by Gasteiger charge is 2.36. The first kappa shape index (κ1) is 12.8. The van der Waals surface area contributed by atoms with Crippen LogP contribution in [-0.2, 0) is 15.0 Å². The molecule has 0 spiro atoms. The largest absolute Gasteiger partial charge is 0.340 e. The normalized spacial score (nSPS) is 24.7. The SMILES string of the molecule is CC(C(=O)N1CCN(S(N)(=O)=O)CC1)C1CC1. The molecule has 1 atom stereocenters. The van der Waals surface area contributed by atoms with Gasteiger partial charge in [0.2, 0.25) is 5.91 Å². The Morgan fingerprint density at radius 3 is 2.18 bits per heavy atom. The summed E-state index contributed by atoms with van der Waals surface area (Å²) in [6.07, 6.45) is 2.29. The zero-order chi connectivity index (χ0) is 12.6. The third kappa shape index (κ3) is 2.97. The van der Waals surface area contributed by atoms with Gasteiger partial charge in [0, 0.05) is 32.1 Å². The molecule has 2 fully saturated rings. The Morgan fingerprint density at radius 1 is 1.24 bits per heavy atom. The average molecular weight is 261 g/mol. The van der Waals surface area contributed by atoms with Gasteiger partial charge in [-0.15, -0.1) is 0 Å². The average Bonchev–Trinajstić information content (AvgIpc) is 3.10. The van der Waals surface area contributed by atoms with Crippen LogP contribution in [0.1, 0.15) is 19.8 Å². The second-order valence-electron chi connectivity index (χ2n) is 4.90. The van der Waals surface area contributed by atoms with Gasteiger partial charge in [0.25, 0.3) is 10.2 Å². The topological polar surface area (TPSA) is 83.7 Å². The predicted molar refractivity (Wildman–Crippen MR) is 63.1 cm³/mol. The quantitative estimate of drug-likeness (QED) is 0.735. The molecule has 6 nitrogen and oxygen atoms in total. The maximum absolute atomic E-state index is 12.1. The molecule has 98 valence electrons. The van der Waals surface area contributed by atoms with Crippen LogP contribution in [0.4, 0.5) is 0 Å². The molecule has 1 aliphatic carbocycles. The summed E-state index contributed by atoms with van der Waals surface area (Å²) in [7, 11) is -3.60. The van der Waals surface area contributed by atoms with E-state index in [2.05, 4.69) is 0 Å². The Kier molecular flexibility index (Phi) is 3.42. The first-order chi connectivity index (χ1) is 7.89. The molecule has 1 amide bonds. The third-order valence-electron chi connectivity index (χ3n) is 3.63. The highest BCUT2D eigenvalue weighted by Crippen LogP contribution is 2.37. The monoisotopic (exact) mass is 261 g/mol. The van der Waals surface area contributed by atoms with Crippen molar-refractivity contribution in [3.8, 4) is 0 Å². The maximum Gasteiger partial charge on any atom is 0.277 e. The van der Waals surface area contributed by atoms with E-state index >= 15 is 0 Å². The van der Waals surface area contributed by atoms with E-state index in [1.54, 1.807) is 4.90 Å². The van der Waals surface area contributed by atoms with Crippen molar-refractivity contribution in [2.45, 2.75) is 19.8 Å². The fourth-order valence-corrected chi connectivity index (χ4v) is 2.92. The molecule has 2 rings (SSSR count). The summed E-state index contributed by atoms with van der Waals surface area (Å²) < 4.78 is 23.5. The van der Waals surface area contributed by atoms with Crippen molar-refractivity contribution < 1.29 is 13.2 Å². The molecule has 1 heterocycles. The Bertz CT molecular complexity index is 397. The van der Waals surface area contributed by atoms with Crippen LogP contribution < -0.4 is 5.14 Å². The predicted octanol–water partition coefficient (Wildman–Crippen LogP) is -0.620.